The first-order chi connectivity index (χ1) is 25.1. The highest BCUT2D eigenvalue weighted by Gasteiger charge is 2.45. The molecule has 7 rings (SSSR count). The molecule has 0 radical (unpaired) electrons. The molecule has 1 amide bonds. The predicted molar refractivity (Wildman–Crippen MR) is 184 cm³/mol. The number of halogens is 6. The molecule has 1 N–H and O–H groups in total. The molecule has 2 fully saturated rings. The molecule has 16 heteroatoms. The van der Waals surface area contributed by atoms with Crippen LogP contribution in [0.25, 0.3) is 22.5 Å². The average molecular weight is 738 g/mol. The fourth-order valence-electron chi connectivity index (χ4n) is 8.02. The number of nitriles is 1. The Morgan fingerprint density at radius 1 is 0.962 bits per heavy atom. The molecule has 0 atom stereocenters. The number of anilines is 2. The van der Waals surface area contributed by atoms with E-state index in [1.54, 1.807) is 11.6 Å². The summed E-state index contributed by atoms with van der Waals surface area (Å²) in [5, 5.41) is 20.0. The topological polar surface area (TPSA) is 106 Å². The number of benzene rings is 2. The lowest BCUT2D eigenvalue weighted by Gasteiger charge is -2.53. The maximum absolute atomic E-state index is 14.7. The third-order valence-electron chi connectivity index (χ3n) is 10.2. The van der Waals surface area contributed by atoms with Crippen molar-refractivity contribution in [3.05, 3.63) is 76.6 Å². The van der Waals surface area contributed by atoms with Crippen LogP contribution in [0.4, 0.5) is 38.0 Å². The van der Waals surface area contributed by atoms with Gasteiger partial charge in [0.05, 0.1) is 23.7 Å². The van der Waals surface area contributed by atoms with E-state index in [2.05, 4.69) is 30.3 Å². The largest absolute Gasteiger partial charge is 0.416 e. The summed E-state index contributed by atoms with van der Waals surface area (Å²) in [5.41, 5.74) is -0.973. The lowest BCUT2D eigenvalue weighted by atomic mass is 9.73. The van der Waals surface area contributed by atoms with Crippen molar-refractivity contribution in [3.63, 3.8) is 0 Å². The number of carbonyl (C=O) groups excluding carboxylic acids is 1. The van der Waals surface area contributed by atoms with Crippen molar-refractivity contribution in [2.45, 2.75) is 51.1 Å². The zero-order valence-electron chi connectivity index (χ0n) is 29.2. The lowest BCUT2D eigenvalue weighted by molar-refractivity contribution is -0.138. The summed E-state index contributed by atoms with van der Waals surface area (Å²) in [7, 11) is 3.69. The van der Waals surface area contributed by atoms with Gasteiger partial charge in [0.1, 0.15) is 18.0 Å². The molecule has 2 aromatic carbocycles. The molecule has 278 valence electrons. The van der Waals surface area contributed by atoms with E-state index in [0.717, 1.165) is 62.1 Å². The Bertz CT molecular complexity index is 2070. The zero-order chi connectivity index (χ0) is 37.7. The highest BCUT2D eigenvalue weighted by molar-refractivity contribution is 6.10. The average Bonchev–Trinajstić information content (AvgIpc) is 3.67. The number of unbranched alkanes of at least 4 members (excludes halogenated alkanes) is 1. The number of carbonyl (C=O) groups is 1. The normalized spacial score (nSPS) is 17.6. The van der Waals surface area contributed by atoms with Gasteiger partial charge < -0.3 is 14.8 Å². The molecule has 10 nitrogen and oxygen atoms in total. The second-order valence-electron chi connectivity index (χ2n) is 14.4. The van der Waals surface area contributed by atoms with E-state index in [1.807, 2.05) is 13.1 Å². The fourth-order valence-corrected chi connectivity index (χ4v) is 8.02. The van der Waals surface area contributed by atoms with Gasteiger partial charge in [0.15, 0.2) is 5.82 Å². The van der Waals surface area contributed by atoms with Crippen LogP contribution in [0.3, 0.4) is 0 Å². The highest BCUT2D eigenvalue weighted by atomic mass is 19.4. The fraction of sp³-hybridized carbons (Fsp3) is 0.432. The zero-order valence-corrected chi connectivity index (χ0v) is 29.2. The van der Waals surface area contributed by atoms with E-state index >= 15 is 0 Å². The number of pyridine rings is 1. The van der Waals surface area contributed by atoms with Gasteiger partial charge in [-0.15, -0.1) is 10.2 Å². The molecule has 3 aliphatic rings. The van der Waals surface area contributed by atoms with Crippen molar-refractivity contribution in [3.8, 4) is 28.6 Å². The van der Waals surface area contributed by atoms with E-state index in [-0.39, 0.29) is 64.6 Å². The molecule has 5 heterocycles. The number of aryl methyl sites for hydroxylation is 1. The number of nitrogens with zero attached hydrogens (tertiary/aromatic N) is 8. The summed E-state index contributed by atoms with van der Waals surface area (Å²) in [6.07, 6.45) is -5.38. The van der Waals surface area contributed by atoms with Crippen LogP contribution in [0.5, 0.6) is 0 Å². The standard InChI is InChI=1S/C37H37F6N9O/c1-49-19-35(20-49)8-5-11-51(21-35)17-23-12-28-29(30(13-23)37(41,42)43)18-52(34(28)53)32-15-24(14-31(47-32)45-10-4-3-9-44)27-16-25(36(38,39)40)6-7-26(27)33-48-46-22-50(33)2/h6-7,12-16,22H,3-5,8,10-11,17-21H2,1-2H3,(H,45,47). The minimum Gasteiger partial charge on any atom is -0.370 e. The van der Waals surface area contributed by atoms with Gasteiger partial charge in [0.25, 0.3) is 5.91 Å². The molecule has 0 bridgehead atoms. The van der Waals surface area contributed by atoms with Crippen molar-refractivity contribution in [1.82, 2.24) is 29.5 Å². The minimum atomic E-state index is -4.75. The second-order valence-corrected chi connectivity index (χ2v) is 14.4. The molecule has 4 aromatic rings. The summed E-state index contributed by atoms with van der Waals surface area (Å²) in [6.45, 7) is 3.49. The molecular formula is C37H37F6N9O. The van der Waals surface area contributed by atoms with Gasteiger partial charge in [-0.05, 0) is 97.6 Å². The quantitative estimate of drug-likeness (QED) is 0.145. The Kier molecular flexibility index (Phi) is 9.44. The first kappa shape index (κ1) is 36.4. The molecule has 0 unspecified atom stereocenters. The maximum Gasteiger partial charge on any atom is 0.416 e. The van der Waals surface area contributed by atoms with E-state index < -0.39 is 35.9 Å². The van der Waals surface area contributed by atoms with E-state index in [9.17, 15) is 31.1 Å². The molecule has 53 heavy (non-hydrogen) atoms. The Labute approximate surface area is 302 Å². The first-order valence-corrected chi connectivity index (χ1v) is 17.3. The number of fused-ring (bicyclic) bond motifs is 1. The minimum absolute atomic E-state index is 0.0467. The monoisotopic (exact) mass is 737 g/mol. The molecule has 2 saturated heterocycles. The van der Waals surface area contributed by atoms with Crippen LogP contribution in [0.1, 0.15) is 58.3 Å². The van der Waals surface area contributed by atoms with Crippen LogP contribution in [-0.4, -0.2) is 75.2 Å². The predicted octanol–water partition coefficient (Wildman–Crippen LogP) is 6.99. The van der Waals surface area contributed by atoms with Gasteiger partial charge in [-0.1, -0.05) is 0 Å². The Morgan fingerprint density at radius 3 is 2.43 bits per heavy atom. The number of alkyl halides is 6. The van der Waals surface area contributed by atoms with Crippen LogP contribution in [0, 0.1) is 16.7 Å². The summed E-state index contributed by atoms with van der Waals surface area (Å²) in [4.78, 5) is 24.2. The molecular weight excluding hydrogens is 700 g/mol. The highest BCUT2D eigenvalue weighted by Crippen LogP contribution is 2.43. The van der Waals surface area contributed by atoms with Crippen LogP contribution < -0.4 is 10.2 Å². The van der Waals surface area contributed by atoms with Crippen molar-refractivity contribution in [2.75, 3.05) is 50.0 Å². The number of nitrogens with one attached hydrogen (secondary N) is 1. The smallest absolute Gasteiger partial charge is 0.370 e. The van der Waals surface area contributed by atoms with Crippen molar-refractivity contribution in [2.24, 2.45) is 12.5 Å². The van der Waals surface area contributed by atoms with Gasteiger partial charge in [0, 0.05) is 62.7 Å². The summed E-state index contributed by atoms with van der Waals surface area (Å²) in [5.74, 6) is -0.306. The molecule has 2 aromatic heterocycles. The molecule has 1 spiro atoms. The van der Waals surface area contributed by atoms with Crippen LogP contribution in [0.15, 0.2) is 48.8 Å². The van der Waals surface area contributed by atoms with Crippen molar-refractivity contribution >= 4 is 17.5 Å². The number of likely N-dealkylation sites (tertiary alicyclic amines) is 2. The maximum atomic E-state index is 14.7. The number of amides is 1. The third-order valence-corrected chi connectivity index (χ3v) is 10.2. The van der Waals surface area contributed by atoms with Gasteiger partial charge in [-0.25, -0.2) is 4.98 Å². The second kappa shape index (κ2) is 13.8. The van der Waals surface area contributed by atoms with Crippen LogP contribution >= 0.6 is 0 Å². The van der Waals surface area contributed by atoms with Gasteiger partial charge in [-0.3, -0.25) is 14.6 Å². The van der Waals surface area contributed by atoms with E-state index in [0.29, 0.717) is 17.5 Å². The Hall–Kier alpha value is -5.01. The number of hydrogen-bond acceptors (Lipinski definition) is 8. The van der Waals surface area contributed by atoms with Gasteiger partial charge in [-0.2, -0.15) is 31.6 Å². The van der Waals surface area contributed by atoms with Gasteiger partial charge >= 0.3 is 12.4 Å². The Morgan fingerprint density at radius 2 is 1.75 bits per heavy atom. The van der Waals surface area contributed by atoms with Crippen molar-refractivity contribution in [1.29, 1.82) is 5.26 Å². The first-order valence-electron chi connectivity index (χ1n) is 17.3. The lowest BCUT2D eigenvalue weighted by Crippen LogP contribution is -2.61. The van der Waals surface area contributed by atoms with E-state index in [1.165, 1.54) is 30.6 Å². The summed E-state index contributed by atoms with van der Waals surface area (Å²) in [6, 6.07) is 10.8. The number of hydrogen-bond donors (Lipinski definition) is 1. The van der Waals surface area contributed by atoms with Gasteiger partial charge in [0.2, 0.25) is 0 Å². The number of aromatic nitrogens is 4. The number of rotatable bonds is 9. The third kappa shape index (κ3) is 7.32. The summed E-state index contributed by atoms with van der Waals surface area (Å²) < 4.78 is 87.7. The van der Waals surface area contributed by atoms with Crippen molar-refractivity contribution < 1.29 is 31.1 Å². The van der Waals surface area contributed by atoms with E-state index in [4.69, 9.17) is 5.26 Å². The molecule has 0 aliphatic carbocycles. The number of piperidine rings is 1. The van der Waals surface area contributed by atoms with Crippen LogP contribution in [0.2, 0.25) is 0 Å². The molecule has 0 saturated carbocycles. The Balaban J connectivity index is 1.28. The van der Waals surface area contributed by atoms with Crippen LogP contribution in [-0.2, 0) is 32.5 Å². The SMILES string of the molecule is CN1CC2(CCCN(Cc3cc4c(c(C(F)(F)F)c3)CN(c3cc(-c5cc(C(F)(F)F)ccc5-c5nncn5C)cc(NCCCC#N)n3)C4=O)C2)C1. The summed E-state index contributed by atoms with van der Waals surface area (Å²) >= 11 is 0. The molecule has 3 aliphatic heterocycles.